The largest absolute Gasteiger partial charge is 0.339 e. The third kappa shape index (κ3) is 3.83. The van der Waals surface area contributed by atoms with Crippen molar-refractivity contribution in [3.8, 4) is 0 Å². The SMILES string of the molecule is CCCN1CCC(N(C)C(=O)c2cccc(F)c2Br)CC1. The van der Waals surface area contributed by atoms with Crippen LogP contribution in [0.1, 0.15) is 36.5 Å². The van der Waals surface area contributed by atoms with Crippen molar-refractivity contribution in [3.05, 3.63) is 34.1 Å². The highest BCUT2D eigenvalue weighted by Crippen LogP contribution is 2.24. The van der Waals surface area contributed by atoms with E-state index in [0.29, 0.717) is 5.56 Å². The van der Waals surface area contributed by atoms with Gasteiger partial charge in [0.25, 0.3) is 5.91 Å². The Morgan fingerprint density at radius 2 is 2.10 bits per heavy atom. The molecule has 0 aliphatic carbocycles. The van der Waals surface area contributed by atoms with E-state index in [-0.39, 0.29) is 16.4 Å². The Morgan fingerprint density at radius 3 is 2.71 bits per heavy atom. The van der Waals surface area contributed by atoms with Crippen molar-refractivity contribution >= 4 is 21.8 Å². The van der Waals surface area contributed by atoms with Gasteiger partial charge in [-0.25, -0.2) is 4.39 Å². The second-order valence-corrected chi connectivity index (χ2v) is 6.38. The maximum atomic E-state index is 13.6. The van der Waals surface area contributed by atoms with Gasteiger partial charge in [0.05, 0.1) is 10.0 Å². The molecular formula is C16H22BrFN2O. The summed E-state index contributed by atoms with van der Waals surface area (Å²) in [6, 6.07) is 4.83. The fourth-order valence-corrected chi connectivity index (χ4v) is 3.31. The molecule has 0 atom stereocenters. The fourth-order valence-electron chi connectivity index (χ4n) is 2.87. The van der Waals surface area contributed by atoms with Crippen molar-refractivity contribution in [2.75, 3.05) is 26.7 Å². The Balaban J connectivity index is 2.02. The second kappa shape index (κ2) is 7.36. The number of halogens is 2. The lowest BCUT2D eigenvalue weighted by molar-refractivity contribution is 0.0641. The van der Waals surface area contributed by atoms with Gasteiger partial charge < -0.3 is 9.80 Å². The molecular weight excluding hydrogens is 335 g/mol. The zero-order chi connectivity index (χ0) is 15.4. The lowest BCUT2D eigenvalue weighted by atomic mass is 10.0. The van der Waals surface area contributed by atoms with Crippen LogP contribution >= 0.6 is 15.9 Å². The summed E-state index contributed by atoms with van der Waals surface area (Å²) in [4.78, 5) is 16.7. The minimum Gasteiger partial charge on any atom is -0.339 e. The molecule has 0 spiro atoms. The summed E-state index contributed by atoms with van der Waals surface area (Å²) in [6.07, 6.45) is 3.13. The van der Waals surface area contributed by atoms with Crippen LogP contribution in [0.3, 0.4) is 0 Å². The molecule has 1 aromatic rings. The van der Waals surface area contributed by atoms with E-state index in [9.17, 15) is 9.18 Å². The summed E-state index contributed by atoms with van der Waals surface area (Å²) in [7, 11) is 1.82. The van der Waals surface area contributed by atoms with Gasteiger partial charge in [0, 0.05) is 26.2 Å². The highest BCUT2D eigenvalue weighted by Gasteiger charge is 2.27. The summed E-state index contributed by atoms with van der Waals surface area (Å²) in [5, 5.41) is 0. The van der Waals surface area contributed by atoms with Gasteiger partial charge in [-0.1, -0.05) is 13.0 Å². The Kier molecular flexibility index (Phi) is 5.76. The van der Waals surface area contributed by atoms with E-state index in [4.69, 9.17) is 0 Å². The molecule has 0 N–H and O–H groups in total. The molecule has 0 radical (unpaired) electrons. The zero-order valence-electron chi connectivity index (χ0n) is 12.6. The van der Waals surface area contributed by atoms with Gasteiger partial charge >= 0.3 is 0 Å². The van der Waals surface area contributed by atoms with Crippen LogP contribution in [0.25, 0.3) is 0 Å². The van der Waals surface area contributed by atoms with E-state index < -0.39 is 5.82 Å². The number of benzene rings is 1. The molecule has 1 aliphatic rings. The number of piperidine rings is 1. The molecule has 0 saturated carbocycles. The van der Waals surface area contributed by atoms with Crippen molar-refractivity contribution in [1.29, 1.82) is 0 Å². The summed E-state index contributed by atoms with van der Waals surface area (Å²) in [5.74, 6) is -0.512. The molecule has 0 bridgehead atoms. The minimum atomic E-state index is -0.396. The van der Waals surface area contributed by atoms with E-state index in [2.05, 4.69) is 27.8 Å². The molecule has 1 aliphatic heterocycles. The Labute approximate surface area is 134 Å². The number of carbonyl (C=O) groups excluding carboxylic acids is 1. The predicted molar refractivity (Wildman–Crippen MR) is 85.9 cm³/mol. The maximum absolute atomic E-state index is 13.6. The van der Waals surface area contributed by atoms with E-state index >= 15 is 0 Å². The third-order valence-corrected chi connectivity index (χ3v) is 4.95. The van der Waals surface area contributed by atoms with Crippen LogP contribution < -0.4 is 0 Å². The van der Waals surface area contributed by atoms with E-state index in [1.54, 1.807) is 17.0 Å². The van der Waals surface area contributed by atoms with Crippen LogP contribution in [0, 0.1) is 5.82 Å². The van der Waals surface area contributed by atoms with Crippen molar-refractivity contribution in [2.45, 2.75) is 32.2 Å². The van der Waals surface area contributed by atoms with E-state index in [0.717, 1.165) is 38.9 Å². The minimum absolute atomic E-state index is 0.115. The molecule has 0 aromatic heterocycles. The number of amides is 1. The normalized spacial score (nSPS) is 17.0. The average molecular weight is 357 g/mol. The molecule has 1 heterocycles. The average Bonchev–Trinajstić information content (AvgIpc) is 2.50. The van der Waals surface area contributed by atoms with Gasteiger partial charge in [-0.15, -0.1) is 0 Å². The topological polar surface area (TPSA) is 23.6 Å². The number of hydrogen-bond donors (Lipinski definition) is 0. The Morgan fingerprint density at radius 1 is 1.43 bits per heavy atom. The third-order valence-electron chi connectivity index (χ3n) is 4.15. The van der Waals surface area contributed by atoms with Gasteiger partial charge in [-0.2, -0.15) is 0 Å². The van der Waals surface area contributed by atoms with E-state index in [1.807, 2.05) is 7.05 Å². The first kappa shape index (κ1) is 16.4. The number of carbonyl (C=O) groups is 1. The number of nitrogens with zero attached hydrogens (tertiary/aromatic N) is 2. The van der Waals surface area contributed by atoms with Gasteiger partial charge in [-0.05, 0) is 53.9 Å². The van der Waals surface area contributed by atoms with Crippen LogP contribution in [0.4, 0.5) is 4.39 Å². The van der Waals surface area contributed by atoms with Crippen LogP contribution in [0.15, 0.2) is 22.7 Å². The number of rotatable bonds is 4. The van der Waals surface area contributed by atoms with E-state index in [1.165, 1.54) is 6.07 Å². The Bertz CT molecular complexity index is 501. The molecule has 2 rings (SSSR count). The first-order valence-electron chi connectivity index (χ1n) is 7.48. The summed E-state index contributed by atoms with van der Waals surface area (Å²) in [5.41, 5.74) is 0.397. The molecule has 0 unspecified atom stereocenters. The van der Waals surface area contributed by atoms with Gasteiger partial charge in [0.15, 0.2) is 0 Å². The molecule has 1 aromatic carbocycles. The van der Waals surface area contributed by atoms with Crippen molar-refractivity contribution in [1.82, 2.24) is 9.80 Å². The molecule has 1 amide bonds. The highest BCUT2D eigenvalue weighted by molar-refractivity contribution is 9.10. The second-order valence-electron chi connectivity index (χ2n) is 5.59. The molecule has 21 heavy (non-hydrogen) atoms. The van der Waals surface area contributed by atoms with Crippen molar-refractivity contribution in [2.24, 2.45) is 0 Å². The van der Waals surface area contributed by atoms with Gasteiger partial charge in [-0.3, -0.25) is 4.79 Å². The van der Waals surface area contributed by atoms with Gasteiger partial charge in [0.1, 0.15) is 5.82 Å². The summed E-state index contributed by atoms with van der Waals surface area (Å²) >= 11 is 3.17. The smallest absolute Gasteiger partial charge is 0.255 e. The summed E-state index contributed by atoms with van der Waals surface area (Å²) < 4.78 is 13.8. The fraction of sp³-hybridized carbons (Fsp3) is 0.562. The maximum Gasteiger partial charge on any atom is 0.255 e. The lowest BCUT2D eigenvalue weighted by Gasteiger charge is -2.36. The molecule has 3 nitrogen and oxygen atoms in total. The number of likely N-dealkylation sites (tertiary alicyclic amines) is 1. The first-order valence-corrected chi connectivity index (χ1v) is 8.27. The Hall–Kier alpha value is -0.940. The monoisotopic (exact) mass is 356 g/mol. The van der Waals surface area contributed by atoms with Crippen LogP contribution in [0.2, 0.25) is 0 Å². The first-order chi connectivity index (χ1) is 10.0. The van der Waals surface area contributed by atoms with Crippen molar-refractivity contribution in [3.63, 3.8) is 0 Å². The standard InChI is InChI=1S/C16H22BrFN2O/c1-3-9-20-10-7-12(8-11-20)19(2)16(21)13-5-4-6-14(18)15(13)17/h4-6,12H,3,7-11H2,1-2H3. The quantitative estimate of drug-likeness (QED) is 0.823. The van der Waals surface area contributed by atoms with Crippen molar-refractivity contribution < 1.29 is 9.18 Å². The van der Waals surface area contributed by atoms with Crippen LogP contribution in [-0.4, -0.2) is 48.4 Å². The lowest BCUT2D eigenvalue weighted by Crippen LogP contribution is -2.45. The molecule has 1 saturated heterocycles. The zero-order valence-corrected chi connectivity index (χ0v) is 14.2. The molecule has 5 heteroatoms. The number of hydrogen-bond acceptors (Lipinski definition) is 2. The molecule has 116 valence electrons. The predicted octanol–water partition coefficient (Wildman–Crippen LogP) is 3.53. The summed E-state index contributed by atoms with van der Waals surface area (Å²) in [6.45, 7) is 5.37. The van der Waals surface area contributed by atoms with Gasteiger partial charge in [0.2, 0.25) is 0 Å². The van der Waals surface area contributed by atoms with Crippen LogP contribution in [-0.2, 0) is 0 Å². The highest BCUT2D eigenvalue weighted by atomic mass is 79.9. The molecule has 1 fully saturated rings. The van der Waals surface area contributed by atoms with Crippen LogP contribution in [0.5, 0.6) is 0 Å².